The van der Waals surface area contributed by atoms with Crippen LogP contribution in [-0.4, -0.2) is 39.4 Å². The molecular weight excluding hydrogens is 236 g/mol. The minimum Gasteiger partial charge on any atom is -0.481 e. The van der Waals surface area contributed by atoms with E-state index in [4.69, 9.17) is 9.47 Å². The van der Waals surface area contributed by atoms with Gasteiger partial charge in [0.1, 0.15) is 18.5 Å². The SMILES string of the molecule is COc1ncnc(OC)c1CNCc1ncn[nH]1. The first-order valence-corrected chi connectivity index (χ1v) is 5.32. The summed E-state index contributed by atoms with van der Waals surface area (Å²) in [5.74, 6) is 1.74. The highest BCUT2D eigenvalue weighted by molar-refractivity contribution is 5.34. The van der Waals surface area contributed by atoms with Crippen LogP contribution in [0.15, 0.2) is 12.7 Å². The van der Waals surface area contributed by atoms with E-state index < -0.39 is 0 Å². The van der Waals surface area contributed by atoms with Crippen molar-refractivity contribution in [2.45, 2.75) is 13.1 Å². The molecule has 96 valence electrons. The molecule has 0 amide bonds. The third-order valence-electron chi connectivity index (χ3n) is 2.31. The molecule has 0 saturated heterocycles. The first kappa shape index (κ1) is 12.2. The number of aromatic amines is 1. The van der Waals surface area contributed by atoms with Crippen molar-refractivity contribution in [2.75, 3.05) is 14.2 Å². The Hall–Kier alpha value is -2.22. The Kier molecular flexibility index (Phi) is 4.02. The summed E-state index contributed by atoms with van der Waals surface area (Å²) in [6.45, 7) is 1.06. The van der Waals surface area contributed by atoms with E-state index in [0.717, 1.165) is 11.4 Å². The van der Waals surface area contributed by atoms with Gasteiger partial charge >= 0.3 is 0 Å². The maximum Gasteiger partial charge on any atom is 0.224 e. The Labute approximate surface area is 104 Å². The molecule has 0 bridgehead atoms. The molecule has 0 aliphatic carbocycles. The molecule has 2 heterocycles. The molecule has 0 atom stereocenters. The monoisotopic (exact) mass is 250 g/mol. The quantitative estimate of drug-likeness (QED) is 0.738. The lowest BCUT2D eigenvalue weighted by Crippen LogP contribution is -2.16. The molecule has 0 aromatic carbocycles. The Morgan fingerprint density at radius 1 is 1.06 bits per heavy atom. The molecule has 2 N–H and O–H groups in total. The topological polar surface area (TPSA) is 97.8 Å². The highest BCUT2D eigenvalue weighted by Gasteiger charge is 2.12. The lowest BCUT2D eigenvalue weighted by Gasteiger charge is -2.10. The number of hydrogen-bond acceptors (Lipinski definition) is 7. The van der Waals surface area contributed by atoms with Crippen LogP contribution in [0.1, 0.15) is 11.4 Å². The minimum atomic E-state index is 0.493. The van der Waals surface area contributed by atoms with Crippen LogP contribution in [0.2, 0.25) is 0 Å². The molecule has 8 nitrogen and oxygen atoms in total. The van der Waals surface area contributed by atoms with Gasteiger partial charge in [0, 0.05) is 6.54 Å². The lowest BCUT2D eigenvalue weighted by atomic mass is 10.3. The number of nitrogens with one attached hydrogen (secondary N) is 2. The first-order valence-electron chi connectivity index (χ1n) is 5.32. The van der Waals surface area contributed by atoms with Gasteiger partial charge in [-0.05, 0) is 0 Å². The van der Waals surface area contributed by atoms with E-state index in [9.17, 15) is 0 Å². The number of aromatic nitrogens is 5. The average Bonchev–Trinajstić information content (AvgIpc) is 2.92. The van der Waals surface area contributed by atoms with E-state index >= 15 is 0 Å². The second-order valence-corrected chi connectivity index (χ2v) is 3.41. The van der Waals surface area contributed by atoms with Gasteiger partial charge in [0.2, 0.25) is 11.8 Å². The normalized spacial score (nSPS) is 10.3. The molecule has 8 heteroatoms. The average molecular weight is 250 g/mol. The standard InChI is InChI=1S/C10H14N6O2/c1-17-9-7(10(18-2)14-5-13-9)3-11-4-8-12-6-15-16-8/h5-6,11H,3-4H2,1-2H3,(H,12,15,16). The van der Waals surface area contributed by atoms with E-state index in [2.05, 4.69) is 30.5 Å². The van der Waals surface area contributed by atoms with Crippen LogP contribution in [0.5, 0.6) is 11.8 Å². The fraction of sp³-hybridized carbons (Fsp3) is 0.400. The first-order chi connectivity index (χ1) is 8.85. The van der Waals surface area contributed by atoms with Crippen LogP contribution in [-0.2, 0) is 13.1 Å². The van der Waals surface area contributed by atoms with E-state index in [1.54, 1.807) is 14.2 Å². The van der Waals surface area contributed by atoms with Crippen molar-refractivity contribution in [1.29, 1.82) is 0 Å². The highest BCUT2D eigenvalue weighted by atomic mass is 16.5. The zero-order chi connectivity index (χ0) is 12.8. The van der Waals surface area contributed by atoms with Gasteiger partial charge in [-0.3, -0.25) is 5.10 Å². The van der Waals surface area contributed by atoms with E-state index in [1.165, 1.54) is 12.7 Å². The Morgan fingerprint density at radius 2 is 1.78 bits per heavy atom. The Balaban J connectivity index is 2.03. The number of nitrogens with zero attached hydrogens (tertiary/aromatic N) is 4. The molecule has 0 aliphatic heterocycles. The second-order valence-electron chi connectivity index (χ2n) is 3.41. The van der Waals surface area contributed by atoms with Gasteiger partial charge in [-0.25, -0.2) is 15.0 Å². The van der Waals surface area contributed by atoms with Gasteiger partial charge in [0.05, 0.1) is 26.3 Å². The summed E-state index contributed by atoms with van der Waals surface area (Å²) in [5, 5.41) is 9.71. The van der Waals surface area contributed by atoms with Crippen LogP contribution in [0.3, 0.4) is 0 Å². The summed E-state index contributed by atoms with van der Waals surface area (Å²) in [4.78, 5) is 12.1. The molecule has 2 rings (SSSR count). The maximum absolute atomic E-state index is 5.17. The van der Waals surface area contributed by atoms with Gasteiger partial charge < -0.3 is 14.8 Å². The van der Waals surface area contributed by atoms with Crippen molar-refractivity contribution in [3.05, 3.63) is 24.0 Å². The van der Waals surface area contributed by atoms with Crippen LogP contribution < -0.4 is 14.8 Å². The third kappa shape index (κ3) is 2.72. The van der Waals surface area contributed by atoms with Gasteiger partial charge in [-0.15, -0.1) is 0 Å². The molecule has 2 aromatic heterocycles. The predicted molar refractivity (Wildman–Crippen MR) is 62.1 cm³/mol. The fourth-order valence-electron chi connectivity index (χ4n) is 1.51. The molecule has 18 heavy (non-hydrogen) atoms. The van der Waals surface area contributed by atoms with Crippen molar-refractivity contribution < 1.29 is 9.47 Å². The van der Waals surface area contributed by atoms with E-state index in [-0.39, 0.29) is 0 Å². The zero-order valence-electron chi connectivity index (χ0n) is 10.2. The predicted octanol–water partition coefficient (Wildman–Crippen LogP) is -0.0983. The summed E-state index contributed by atoms with van der Waals surface area (Å²) in [5.41, 5.74) is 0.766. The number of hydrogen-bond donors (Lipinski definition) is 2. The summed E-state index contributed by atoms with van der Waals surface area (Å²) >= 11 is 0. The van der Waals surface area contributed by atoms with Crippen LogP contribution >= 0.6 is 0 Å². The molecule has 0 fully saturated rings. The Morgan fingerprint density at radius 3 is 2.33 bits per heavy atom. The number of rotatable bonds is 6. The van der Waals surface area contributed by atoms with Crippen LogP contribution in [0.25, 0.3) is 0 Å². The second kappa shape index (κ2) is 5.92. The van der Waals surface area contributed by atoms with Gasteiger partial charge in [0.15, 0.2) is 0 Å². The van der Waals surface area contributed by atoms with Gasteiger partial charge in [-0.2, -0.15) is 5.10 Å². The van der Waals surface area contributed by atoms with E-state index in [0.29, 0.717) is 24.8 Å². The van der Waals surface area contributed by atoms with Crippen LogP contribution in [0.4, 0.5) is 0 Å². The van der Waals surface area contributed by atoms with E-state index in [1.807, 2.05) is 0 Å². The van der Waals surface area contributed by atoms with Crippen LogP contribution in [0, 0.1) is 0 Å². The molecule has 0 unspecified atom stereocenters. The zero-order valence-corrected chi connectivity index (χ0v) is 10.2. The largest absolute Gasteiger partial charge is 0.481 e. The number of methoxy groups -OCH3 is 2. The molecule has 0 saturated carbocycles. The minimum absolute atomic E-state index is 0.493. The molecule has 0 aliphatic rings. The fourth-order valence-corrected chi connectivity index (χ4v) is 1.51. The summed E-state index contributed by atoms with van der Waals surface area (Å²) in [6.07, 6.45) is 2.86. The lowest BCUT2D eigenvalue weighted by molar-refractivity contribution is 0.359. The molecule has 0 spiro atoms. The Bertz CT molecular complexity index is 465. The summed E-state index contributed by atoms with van der Waals surface area (Å²) in [6, 6.07) is 0. The van der Waals surface area contributed by atoms with Crippen molar-refractivity contribution >= 4 is 0 Å². The number of H-pyrrole nitrogens is 1. The van der Waals surface area contributed by atoms with Crippen molar-refractivity contribution in [3.8, 4) is 11.8 Å². The maximum atomic E-state index is 5.17. The molecular formula is C10H14N6O2. The highest BCUT2D eigenvalue weighted by Crippen LogP contribution is 2.22. The smallest absolute Gasteiger partial charge is 0.224 e. The van der Waals surface area contributed by atoms with Crippen molar-refractivity contribution in [3.63, 3.8) is 0 Å². The third-order valence-corrected chi connectivity index (χ3v) is 2.31. The molecule has 2 aromatic rings. The summed E-state index contributed by atoms with van der Waals surface area (Å²) in [7, 11) is 3.11. The summed E-state index contributed by atoms with van der Waals surface area (Å²) < 4.78 is 10.3. The number of ether oxygens (including phenoxy) is 2. The van der Waals surface area contributed by atoms with Crippen molar-refractivity contribution in [2.24, 2.45) is 0 Å². The molecule has 0 radical (unpaired) electrons. The van der Waals surface area contributed by atoms with Gasteiger partial charge in [0.25, 0.3) is 0 Å². The van der Waals surface area contributed by atoms with Crippen molar-refractivity contribution in [1.82, 2.24) is 30.5 Å². The van der Waals surface area contributed by atoms with Gasteiger partial charge in [-0.1, -0.05) is 0 Å².